The fraction of sp³-hybridized carbons (Fsp3) is 0.333. The standard InChI is InChI=1S/C12H17FN4O2/c1-2-17(8-7-11(14)16-19)12(18)15-10-5-3-9(13)4-6-10/h3-6,19H,2,7-8H2,1H3,(H2,14,16)(H,15,18). The lowest BCUT2D eigenvalue weighted by Gasteiger charge is -2.21. The molecule has 0 saturated heterocycles. The smallest absolute Gasteiger partial charge is 0.321 e. The summed E-state index contributed by atoms with van der Waals surface area (Å²) in [6.07, 6.45) is 0.279. The van der Waals surface area contributed by atoms with Gasteiger partial charge in [-0.3, -0.25) is 0 Å². The number of rotatable bonds is 5. The molecule has 19 heavy (non-hydrogen) atoms. The number of nitrogens with zero attached hydrogens (tertiary/aromatic N) is 2. The number of oxime groups is 1. The molecular formula is C12H17FN4O2. The Labute approximate surface area is 110 Å². The van der Waals surface area contributed by atoms with E-state index in [4.69, 9.17) is 10.9 Å². The number of urea groups is 1. The minimum Gasteiger partial charge on any atom is -0.409 e. The second-order valence-corrected chi connectivity index (χ2v) is 3.86. The first-order valence-electron chi connectivity index (χ1n) is 5.84. The molecule has 7 heteroatoms. The lowest BCUT2D eigenvalue weighted by atomic mass is 10.3. The Bertz CT molecular complexity index is 448. The Hall–Kier alpha value is -2.31. The molecule has 0 aliphatic rings. The van der Waals surface area contributed by atoms with Crippen LogP contribution in [0.1, 0.15) is 13.3 Å². The van der Waals surface area contributed by atoms with Gasteiger partial charge in [-0.05, 0) is 31.2 Å². The van der Waals surface area contributed by atoms with Crippen molar-refractivity contribution in [3.05, 3.63) is 30.1 Å². The molecule has 1 rings (SSSR count). The quantitative estimate of drug-likeness (QED) is 0.329. The van der Waals surface area contributed by atoms with Crippen molar-refractivity contribution in [2.45, 2.75) is 13.3 Å². The summed E-state index contributed by atoms with van der Waals surface area (Å²) in [5, 5.41) is 13.9. The van der Waals surface area contributed by atoms with Gasteiger partial charge in [0.1, 0.15) is 11.7 Å². The van der Waals surface area contributed by atoms with E-state index in [1.54, 1.807) is 0 Å². The zero-order valence-corrected chi connectivity index (χ0v) is 10.6. The monoisotopic (exact) mass is 268 g/mol. The van der Waals surface area contributed by atoms with Crippen LogP contribution in [0.5, 0.6) is 0 Å². The van der Waals surface area contributed by atoms with Crippen molar-refractivity contribution in [2.75, 3.05) is 18.4 Å². The second kappa shape index (κ2) is 7.20. The number of carbonyl (C=O) groups is 1. The number of anilines is 1. The molecule has 0 aromatic heterocycles. The summed E-state index contributed by atoms with van der Waals surface area (Å²) in [5.41, 5.74) is 5.85. The number of hydrogen-bond acceptors (Lipinski definition) is 3. The number of hydrogen-bond donors (Lipinski definition) is 3. The normalized spacial score (nSPS) is 11.2. The average molecular weight is 268 g/mol. The van der Waals surface area contributed by atoms with Gasteiger partial charge in [-0.2, -0.15) is 0 Å². The van der Waals surface area contributed by atoms with Gasteiger partial charge in [-0.1, -0.05) is 5.16 Å². The van der Waals surface area contributed by atoms with Gasteiger partial charge >= 0.3 is 6.03 Å². The molecule has 0 radical (unpaired) electrons. The zero-order valence-electron chi connectivity index (χ0n) is 10.6. The summed E-state index contributed by atoms with van der Waals surface area (Å²) < 4.78 is 12.7. The summed E-state index contributed by atoms with van der Waals surface area (Å²) >= 11 is 0. The van der Waals surface area contributed by atoms with E-state index in [0.717, 1.165) is 0 Å². The lowest BCUT2D eigenvalue weighted by molar-refractivity contribution is 0.215. The van der Waals surface area contributed by atoms with Crippen LogP contribution < -0.4 is 11.1 Å². The van der Waals surface area contributed by atoms with Crippen LogP contribution in [0.25, 0.3) is 0 Å². The van der Waals surface area contributed by atoms with E-state index in [1.807, 2.05) is 6.92 Å². The van der Waals surface area contributed by atoms with Gasteiger partial charge < -0.3 is 21.2 Å². The fourth-order valence-electron chi connectivity index (χ4n) is 1.44. The third kappa shape index (κ3) is 4.82. The Kier molecular flexibility index (Phi) is 5.59. The predicted molar refractivity (Wildman–Crippen MR) is 70.7 cm³/mol. The minimum absolute atomic E-state index is 0.0630. The van der Waals surface area contributed by atoms with Crippen LogP contribution in [0.2, 0.25) is 0 Å². The first-order valence-corrected chi connectivity index (χ1v) is 5.84. The summed E-state index contributed by atoms with van der Waals surface area (Å²) in [7, 11) is 0. The van der Waals surface area contributed by atoms with Gasteiger partial charge in [0.15, 0.2) is 0 Å². The first kappa shape index (κ1) is 14.7. The van der Waals surface area contributed by atoms with Gasteiger partial charge in [-0.15, -0.1) is 0 Å². The molecule has 0 spiro atoms. The van der Waals surface area contributed by atoms with E-state index in [0.29, 0.717) is 18.8 Å². The van der Waals surface area contributed by atoms with Gasteiger partial charge in [0.2, 0.25) is 0 Å². The number of nitrogens with one attached hydrogen (secondary N) is 1. The maximum Gasteiger partial charge on any atom is 0.321 e. The summed E-state index contributed by atoms with van der Waals surface area (Å²) in [4.78, 5) is 13.4. The molecule has 2 amide bonds. The number of nitrogens with two attached hydrogens (primary N) is 1. The van der Waals surface area contributed by atoms with Crippen LogP contribution >= 0.6 is 0 Å². The maximum atomic E-state index is 12.7. The van der Waals surface area contributed by atoms with Crippen LogP contribution in [0.15, 0.2) is 29.4 Å². The van der Waals surface area contributed by atoms with Crippen LogP contribution in [-0.4, -0.2) is 35.1 Å². The van der Waals surface area contributed by atoms with Crippen LogP contribution in [0.3, 0.4) is 0 Å². The number of carbonyl (C=O) groups excluding carboxylic acids is 1. The summed E-state index contributed by atoms with van der Waals surface area (Å²) in [6.45, 7) is 2.63. The molecule has 0 atom stereocenters. The fourth-order valence-corrected chi connectivity index (χ4v) is 1.44. The topological polar surface area (TPSA) is 90.9 Å². The third-order valence-electron chi connectivity index (χ3n) is 2.53. The molecule has 1 aromatic carbocycles. The number of amides is 2. The number of amidine groups is 1. The average Bonchev–Trinajstić information content (AvgIpc) is 2.41. The highest BCUT2D eigenvalue weighted by Gasteiger charge is 2.12. The number of halogens is 1. The molecule has 1 aromatic rings. The molecule has 0 heterocycles. The molecule has 0 bridgehead atoms. The first-order chi connectivity index (χ1) is 9.06. The Balaban J connectivity index is 2.56. The van der Waals surface area contributed by atoms with Gasteiger partial charge in [0.25, 0.3) is 0 Å². The number of benzene rings is 1. The van der Waals surface area contributed by atoms with E-state index >= 15 is 0 Å². The molecule has 0 aliphatic carbocycles. The van der Waals surface area contributed by atoms with Crippen molar-refractivity contribution in [1.29, 1.82) is 0 Å². The lowest BCUT2D eigenvalue weighted by Crippen LogP contribution is -2.37. The second-order valence-electron chi connectivity index (χ2n) is 3.86. The van der Waals surface area contributed by atoms with Gasteiger partial charge in [0, 0.05) is 25.2 Å². The molecule has 104 valence electrons. The van der Waals surface area contributed by atoms with Crippen molar-refractivity contribution >= 4 is 17.6 Å². The molecule has 0 unspecified atom stereocenters. The highest BCUT2D eigenvalue weighted by Crippen LogP contribution is 2.09. The molecular weight excluding hydrogens is 251 g/mol. The van der Waals surface area contributed by atoms with Crippen molar-refractivity contribution in [3.8, 4) is 0 Å². The Morgan fingerprint density at radius 3 is 2.63 bits per heavy atom. The van der Waals surface area contributed by atoms with E-state index in [-0.39, 0.29) is 24.1 Å². The molecule has 6 nitrogen and oxygen atoms in total. The molecule has 0 fully saturated rings. The SMILES string of the molecule is CCN(CCC(N)=NO)C(=O)Nc1ccc(F)cc1. The van der Waals surface area contributed by atoms with Crippen LogP contribution in [-0.2, 0) is 0 Å². The van der Waals surface area contributed by atoms with Crippen molar-refractivity contribution < 1.29 is 14.4 Å². The predicted octanol–water partition coefficient (Wildman–Crippen LogP) is 1.82. The van der Waals surface area contributed by atoms with E-state index in [9.17, 15) is 9.18 Å². The van der Waals surface area contributed by atoms with Crippen LogP contribution in [0, 0.1) is 5.82 Å². The Morgan fingerprint density at radius 1 is 1.47 bits per heavy atom. The van der Waals surface area contributed by atoms with Crippen molar-refractivity contribution in [3.63, 3.8) is 0 Å². The molecule has 0 aliphatic heterocycles. The van der Waals surface area contributed by atoms with Crippen molar-refractivity contribution in [1.82, 2.24) is 4.90 Å². The van der Waals surface area contributed by atoms with E-state index < -0.39 is 0 Å². The van der Waals surface area contributed by atoms with Gasteiger partial charge in [0.05, 0.1) is 0 Å². The zero-order chi connectivity index (χ0) is 14.3. The molecule has 4 N–H and O–H groups in total. The molecule has 0 saturated carbocycles. The van der Waals surface area contributed by atoms with Crippen molar-refractivity contribution in [2.24, 2.45) is 10.9 Å². The highest BCUT2D eigenvalue weighted by molar-refractivity contribution is 5.89. The van der Waals surface area contributed by atoms with Crippen LogP contribution in [0.4, 0.5) is 14.9 Å². The highest BCUT2D eigenvalue weighted by atomic mass is 19.1. The Morgan fingerprint density at radius 2 is 2.11 bits per heavy atom. The van der Waals surface area contributed by atoms with E-state index in [2.05, 4.69) is 10.5 Å². The minimum atomic E-state index is -0.364. The third-order valence-corrected chi connectivity index (χ3v) is 2.53. The summed E-state index contributed by atoms with van der Waals surface area (Å²) in [6, 6.07) is 5.17. The largest absolute Gasteiger partial charge is 0.409 e. The maximum absolute atomic E-state index is 12.7. The van der Waals surface area contributed by atoms with Gasteiger partial charge in [-0.25, -0.2) is 9.18 Å². The van der Waals surface area contributed by atoms with E-state index in [1.165, 1.54) is 29.2 Å². The summed E-state index contributed by atoms with van der Waals surface area (Å²) in [5.74, 6) is -0.301.